The van der Waals surface area contributed by atoms with E-state index in [0.717, 1.165) is 24.1 Å². The first kappa shape index (κ1) is 16.5. The Bertz CT molecular complexity index is 525. The van der Waals surface area contributed by atoms with E-state index in [9.17, 15) is 9.59 Å². The van der Waals surface area contributed by atoms with Gasteiger partial charge in [-0.2, -0.15) is 0 Å². The van der Waals surface area contributed by atoms with Crippen LogP contribution in [0.25, 0.3) is 0 Å². The van der Waals surface area contributed by atoms with Crippen LogP contribution < -0.4 is 11.1 Å². The minimum Gasteiger partial charge on any atom is -0.351 e. The molecule has 0 unspecified atom stereocenters. The first-order valence-corrected chi connectivity index (χ1v) is 7.86. The number of rotatable bonds is 6. The van der Waals surface area contributed by atoms with Gasteiger partial charge in [0, 0.05) is 26.1 Å². The van der Waals surface area contributed by atoms with Crippen LogP contribution in [0.3, 0.4) is 0 Å². The quantitative estimate of drug-likeness (QED) is 0.834. The van der Waals surface area contributed by atoms with Gasteiger partial charge in [0.25, 0.3) is 0 Å². The van der Waals surface area contributed by atoms with Gasteiger partial charge in [-0.05, 0) is 23.5 Å². The molecule has 0 bridgehead atoms. The van der Waals surface area contributed by atoms with Crippen molar-refractivity contribution in [1.29, 1.82) is 0 Å². The number of nitrogens with two attached hydrogens (primary N) is 1. The molecule has 1 saturated heterocycles. The fourth-order valence-electron chi connectivity index (χ4n) is 2.46. The van der Waals surface area contributed by atoms with E-state index in [4.69, 9.17) is 5.73 Å². The van der Waals surface area contributed by atoms with Crippen molar-refractivity contribution < 1.29 is 9.59 Å². The fourth-order valence-corrected chi connectivity index (χ4v) is 2.46. The summed E-state index contributed by atoms with van der Waals surface area (Å²) < 4.78 is 0. The third-order valence-corrected chi connectivity index (χ3v) is 4.06. The van der Waals surface area contributed by atoms with Gasteiger partial charge in [0.1, 0.15) is 0 Å². The summed E-state index contributed by atoms with van der Waals surface area (Å²) in [5, 5.41) is 2.85. The van der Waals surface area contributed by atoms with Crippen molar-refractivity contribution in [2.24, 2.45) is 11.7 Å². The highest BCUT2D eigenvalue weighted by atomic mass is 16.2. The van der Waals surface area contributed by atoms with Crippen LogP contribution in [-0.4, -0.2) is 29.3 Å². The first-order chi connectivity index (χ1) is 10.5. The molecule has 1 aromatic carbocycles. The lowest BCUT2D eigenvalue weighted by atomic mass is 10.0. The van der Waals surface area contributed by atoms with E-state index >= 15 is 0 Å². The molecular weight excluding hydrogens is 278 g/mol. The van der Waals surface area contributed by atoms with Crippen LogP contribution >= 0.6 is 0 Å². The van der Waals surface area contributed by atoms with Gasteiger partial charge in [-0.3, -0.25) is 9.59 Å². The number of nitrogens with one attached hydrogen (secondary N) is 1. The van der Waals surface area contributed by atoms with Crippen molar-refractivity contribution in [1.82, 2.24) is 10.2 Å². The summed E-state index contributed by atoms with van der Waals surface area (Å²) >= 11 is 0. The van der Waals surface area contributed by atoms with Crippen LogP contribution in [0, 0.1) is 5.92 Å². The highest BCUT2D eigenvalue weighted by Crippen LogP contribution is 2.14. The van der Waals surface area contributed by atoms with Crippen molar-refractivity contribution in [2.45, 2.75) is 45.8 Å². The minimum absolute atomic E-state index is 0.123. The van der Waals surface area contributed by atoms with E-state index in [1.54, 1.807) is 0 Å². The monoisotopic (exact) mass is 303 g/mol. The Kier molecular flexibility index (Phi) is 5.55. The lowest BCUT2D eigenvalue weighted by Crippen LogP contribution is -2.43. The Morgan fingerprint density at radius 3 is 2.45 bits per heavy atom. The lowest BCUT2D eigenvalue weighted by Gasteiger charge is -2.16. The van der Waals surface area contributed by atoms with Gasteiger partial charge in [-0.15, -0.1) is 0 Å². The average molecular weight is 303 g/mol. The van der Waals surface area contributed by atoms with Gasteiger partial charge in [-0.25, -0.2) is 0 Å². The summed E-state index contributed by atoms with van der Waals surface area (Å²) in [6.07, 6.45) is 1.62. The van der Waals surface area contributed by atoms with E-state index in [0.29, 0.717) is 19.5 Å². The van der Waals surface area contributed by atoms with Crippen LogP contribution in [0.4, 0.5) is 0 Å². The summed E-state index contributed by atoms with van der Waals surface area (Å²) in [7, 11) is 0. The normalized spacial score (nSPS) is 16.2. The second kappa shape index (κ2) is 7.40. The maximum Gasteiger partial charge on any atom is 0.237 e. The highest BCUT2D eigenvalue weighted by Gasteiger charge is 2.20. The number of amides is 2. The Morgan fingerprint density at radius 1 is 1.27 bits per heavy atom. The molecule has 5 nitrogen and oxygen atoms in total. The molecule has 0 aliphatic carbocycles. The summed E-state index contributed by atoms with van der Waals surface area (Å²) in [5.74, 6) is 0.237. The number of likely N-dealkylation sites (tertiary alicyclic amines) is 1. The van der Waals surface area contributed by atoms with E-state index in [1.165, 1.54) is 0 Å². The van der Waals surface area contributed by atoms with Crippen LogP contribution in [0.1, 0.15) is 37.8 Å². The van der Waals surface area contributed by atoms with Gasteiger partial charge >= 0.3 is 0 Å². The summed E-state index contributed by atoms with van der Waals surface area (Å²) in [6.45, 7) is 5.85. The molecule has 5 heteroatoms. The zero-order chi connectivity index (χ0) is 16.1. The van der Waals surface area contributed by atoms with Crippen LogP contribution in [0.5, 0.6) is 0 Å². The maximum absolute atomic E-state index is 11.8. The Morgan fingerprint density at radius 2 is 1.91 bits per heavy atom. The largest absolute Gasteiger partial charge is 0.351 e. The van der Waals surface area contributed by atoms with Crippen molar-refractivity contribution in [3.63, 3.8) is 0 Å². The molecule has 1 aliphatic heterocycles. The van der Waals surface area contributed by atoms with Gasteiger partial charge in [-0.1, -0.05) is 38.1 Å². The molecule has 120 valence electrons. The second-order valence-corrected chi connectivity index (χ2v) is 6.22. The fraction of sp³-hybridized carbons (Fsp3) is 0.529. The van der Waals surface area contributed by atoms with Crippen molar-refractivity contribution in [2.75, 3.05) is 6.54 Å². The number of hydrogen-bond donors (Lipinski definition) is 2. The molecule has 22 heavy (non-hydrogen) atoms. The molecular formula is C17H25N3O2. The zero-order valence-corrected chi connectivity index (χ0v) is 13.3. The minimum atomic E-state index is -0.472. The van der Waals surface area contributed by atoms with Crippen molar-refractivity contribution >= 4 is 11.8 Å². The van der Waals surface area contributed by atoms with Crippen LogP contribution in [0.15, 0.2) is 24.3 Å². The summed E-state index contributed by atoms with van der Waals surface area (Å²) in [4.78, 5) is 25.3. The zero-order valence-electron chi connectivity index (χ0n) is 13.3. The molecule has 1 fully saturated rings. The molecule has 2 rings (SSSR count). The molecule has 1 aliphatic rings. The summed E-state index contributed by atoms with van der Waals surface area (Å²) in [6, 6.07) is 7.51. The molecule has 0 aromatic heterocycles. The van der Waals surface area contributed by atoms with Gasteiger partial charge in [0.05, 0.1) is 6.04 Å². The number of nitrogens with zero attached hydrogens (tertiary/aromatic N) is 1. The first-order valence-electron chi connectivity index (χ1n) is 7.86. The third kappa shape index (κ3) is 4.31. The van der Waals surface area contributed by atoms with Gasteiger partial charge < -0.3 is 16.0 Å². The third-order valence-electron chi connectivity index (χ3n) is 4.06. The molecule has 2 amide bonds. The van der Waals surface area contributed by atoms with Gasteiger partial charge in [0.15, 0.2) is 0 Å². The average Bonchev–Trinajstić information content (AvgIpc) is 2.90. The molecule has 0 saturated carbocycles. The van der Waals surface area contributed by atoms with Crippen molar-refractivity contribution in [3.05, 3.63) is 35.4 Å². The molecule has 0 spiro atoms. The SMILES string of the molecule is CC(C)[C@H](N)C(=O)NCc1ccc(CN2CCCC2=O)cc1. The number of hydrogen-bond acceptors (Lipinski definition) is 3. The van der Waals surface area contributed by atoms with E-state index in [2.05, 4.69) is 5.32 Å². The van der Waals surface area contributed by atoms with Crippen molar-refractivity contribution in [3.8, 4) is 0 Å². The lowest BCUT2D eigenvalue weighted by molar-refractivity contribution is -0.128. The Labute approximate surface area is 131 Å². The van der Waals surface area contributed by atoms with E-state index in [1.807, 2.05) is 43.0 Å². The van der Waals surface area contributed by atoms with E-state index < -0.39 is 6.04 Å². The summed E-state index contributed by atoms with van der Waals surface area (Å²) in [5.41, 5.74) is 7.95. The molecule has 3 N–H and O–H groups in total. The molecule has 0 radical (unpaired) electrons. The smallest absolute Gasteiger partial charge is 0.237 e. The maximum atomic E-state index is 11.8. The number of benzene rings is 1. The topological polar surface area (TPSA) is 75.4 Å². The van der Waals surface area contributed by atoms with Crippen LogP contribution in [0.2, 0.25) is 0 Å². The predicted molar refractivity (Wildman–Crippen MR) is 85.8 cm³/mol. The second-order valence-electron chi connectivity index (χ2n) is 6.22. The molecule has 1 heterocycles. The molecule has 1 atom stereocenters. The Hall–Kier alpha value is -1.88. The standard InChI is InChI=1S/C17H25N3O2/c1-12(2)16(18)17(22)19-10-13-5-7-14(8-6-13)11-20-9-3-4-15(20)21/h5-8,12,16H,3-4,9-11,18H2,1-2H3,(H,19,22)/t16-/m0/s1. The Balaban J connectivity index is 1.84. The highest BCUT2D eigenvalue weighted by molar-refractivity contribution is 5.81. The number of carbonyl (C=O) groups is 2. The van der Waals surface area contributed by atoms with E-state index in [-0.39, 0.29) is 17.7 Å². The van der Waals surface area contributed by atoms with Gasteiger partial charge in [0.2, 0.25) is 11.8 Å². The van der Waals surface area contributed by atoms with Crippen LogP contribution in [-0.2, 0) is 22.7 Å². The molecule has 1 aromatic rings. The predicted octanol–water partition coefficient (Wildman–Crippen LogP) is 1.41. The number of carbonyl (C=O) groups excluding carboxylic acids is 2.